The Hall–Kier alpha value is -1.91. The normalized spacial score (nSPS) is 10.3. The Bertz CT molecular complexity index is 482. The van der Waals surface area contributed by atoms with Crippen molar-refractivity contribution in [3.63, 3.8) is 0 Å². The Morgan fingerprint density at radius 2 is 2.00 bits per heavy atom. The van der Waals surface area contributed by atoms with Crippen LogP contribution in [0.1, 0.15) is 0 Å². The van der Waals surface area contributed by atoms with Gasteiger partial charge in [0.25, 0.3) is 0 Å². The first-order valence-corrected chi connectivity index (χ1v) is 4.28. The fourth-order valence-electron chi connectivity index (χ4n) is 1.11. The van der Waals surface area contributed by atoms with E-state index in [1.165, 1.54) is 6.07 Å². The molecule has 0 bridgehead atoms. The van der Waals surface area contributed by atoms with E-state index in [4.69, 9.17) is 4.74 Å². The number of hydrogen-bond acceptors (Lipinski definition) is 2. The second-order valence-corrected chi connectivity index (χ2v) is 3.01. The van der Waals surface area contributed by atoms with Gasteiger partial charge in [-0.2, -0.15) is 0 Å². The van der Waals surface area contributed by atoms with Crippen LogP contribution in [0.15, 0.2) is 30.5 Å². The van der Waals surface area contributed by atoms with Crippen molar-refractivity contribution in [1.29, 1.82) is 0 Å². The maximum atomic E-state index is 12.8. The fraction of sp³-hybridized carbons (Fsp3) is 0.100. The largest absolute Gasteiger partial charge is 0.437 e. The third-order valence-corrected chi connectivity index (χ3v) is 1.80. The molecule has 0 aliphatic carbocycles. The van der Waals surface area contributed by atoms with Gasteiger partial charge in [-0.1, -0.05) is 0 Å². The number of aryl methyl sites for hydroxylation is 1. The molecule has 0 saturated carbocycles. The second kappa shape index (κ2) is 3.68. The van der Waals surface area contributed by atoms with E-state index in [1.54, 1.807) is 24.0 Å². The van der Waals surface area contributed by atoms with Crippen molar-refractivity contribution in [2.75, 3.05) is 0 Å². The third-order valence-electron chi connectivity index (χ3n) is 1.80. The van der Waals surface area contributed by atoms with Crippen LogP contribution in [-0.2, 0) is 7.05 Å². The van der Waals surface area contributed by atoms with Crippen LogP contribution in [0.2, 0.25) is 0 Å². The molecular formula is C10H8F2N2O. The first-order chi connectivity index (χ1) is 7.15. The van der Waals surface area contributed by atoms with Crippen LogP contribution in [0.3, 0.4) is 0 Å². The Labute approximate surface area is 84.9 Å². The van der Waals surface area contributed by atoms with Crippen LogP contribution in [0.25, 0.3) is 0 Å². The van der Waals surface area contributed by atoms with Crippen molar-refractivity contribution in [3.05, 3.63) is 42.1 Å². The molecule has 1 aromatic heterocycles. The summed E-state index contributed by atoms with van der Waals surface area (Å²) in [5.41, 5.74) is 0. The van der Waals surface area contributed by atoms with E-state index >= 15 is 0 Å². The summed E-state index contributed by atoms with van der Waals surface area (Å²) in [6.07, 6.45) is 1.69. The molecule has 0 unspecified atom stereocenters. The van der Waals surface area contributed by atoms with Crippen molar-refractivity contribution in [2.45, 2.75) is 0 Å². The smallest absolute Gasteiger partial charge is 0.238 e. The number of ether oxygens (including phenoxy) is 1. The molecule has 0 N–H and O–H groups in total. The van der Waals surface area contributed by atoms with Crippen molar-refractivity contribution in [2.24, 2.45) is 7.05 Å². The summed E-state index contributed by atoms with van der Waals surface area (Å²) in [6, 6.07) is 4.95. The Kier molecular flexibility index (Phi) is 2.37. The highest BCUT2D eigenvalue weighted by molar-refractivity contribution is 5.27. The van der Waals surface area contributed by atoms with Gasteiger partial charge in [-0.15, -0.1) is 5.10 Å². The number of hydrogen-bond donors (Lipinski definition) is 0. The minimum atomic E-state index is -0.941. The molecule has 15 heavy (non-hydrogen) atoms. The topological polar surface area (TPSA) is 27.1 Å². The highest BCUT2D eigenvalue weighted by Gasteiger charge is 2.05. The lowest BCUT2D eigenvalue weighted by molar-refractivity contribution is 0.441. The Balaban J connectivity index is 2.21. The molecule has 1 aromatic carbocycles. The van der Waals surface area contributed by atoms with E-state index in [9.17, 15) is 8.78 Å². The number of nitrogens with zero attached hydrogens (tertiary/aromatic N) is 2. The van der Waals surface area contributed by atoms with Gasteiger partial charge in [-0.05, 0) is 12.1 Å². The van der Waals surface area contributed by atoms with Gasteiger partial charge in [0.15, 0.2) is 11.6 Å². The zero-order valence-electron chi connectivity index (χ0n) is 7.95. The van der Waals surface area contributed by atoms with Crippen molar-refractivity contribution in [3.8, 4) is 11.6 Å². The van der Waals surface area contributed by atoms with Crippen LogP contribution in [0.4, 0.5) is 8.78 Å². The van der Waals surface area contributed by atoms with Gasteiger partial charge in [0.1, 0.15) is 5.75 Å². The zero-order chi connectivity index (χ0) is 10.8. The molecule has 1 heterocycles. The molecule has 0 radical (unpaired) electrons. The molecular weight excluding hydrogens is 202 g/mol. The van der Waals surface area contributed by atoms with E-state index < -0.39 is 11.6 Å². The molecule has 2 aromatic rings. The molecule has 0 amide bonds. The van der Waals surface area contributed by atoms with Crippen LogP contribution >= 0.6 is 0 Å². The summed E-state index contributed by atoms with van der Waals surface area (Å²) < 4.78 is 32.1. The molecule has 0 aliphatic heterocycles. The minimum Gasteiger partial charge on any atom is -0.437 e. The van der Waals surface area contributed by atoms with Gasteiger partial charge < -0.3 is 4.74 Å². The van der Waals surface area contributed by atoms with Gasteiger partial charge in [0.2, 0.25) is 5.88 Å². The number of halogens is 2. The van der Waals surface area contributed by atoms with Gasteiger partial charge >= 0.3 is 0 Å². The van der Waals surface area contributed by atoms with E-state index in [1.807, 2.05) is 0 Å². The van der Waals surface area contributed by atoms with Crippen LogP contribution < -0.4 is 4.74 Å². The summed E-state index contributed by atoms with van der Waals surface area (Å²) in [5.74, 6) is -1.29. The second-order valence-electron chi connectivity index (χ2n) is 3.01. The van der Waals surface area contributed by atoms with Crippen molar-refractivity contribution in [1.82, 2.24) is 9.78 Å². The molecule has 3 nitrogen and oxygen atoms in total. The molecule has 0 atom stereocenters. The SMILES string of the molecule is Cn1ccc(Oc2ccc(F)c(F)c2)n1. The van der Waals surface area contributed by atoms with Crippen LogP contribution in [0, 0.1) is 11.6 Å². The maximum Gasteiger partial charge on any atom is 0.238 e. The first-order valence-electron chi connectivity index (χ1n) is 4.28. The quantitative estimate of drug-likeness (QED) is 0.761. The summed E-state index contributed by atoms with van der Waals surface area (Å²) >= 11 is 0. The van der Waals surface area contributed by atoms with Crippen LogP contribution in [0.5, 0.6) is 11.6 Å². The lowest BCUT2D eigenvalue weighted by Gasteiger charge is -2.01. The Morgan fingerprint density at radius 1 is 1.20 bits per heavy atom. The van der Waals surface area contributed by atoms with Crippen molar-refractivity contribution >= 4 is 0 Å². The average molecular weight is 210 g/mol. The van der Waals surface area contributed by atoms with E-state index in [0.717, 1.165) is 12.1 Å². The monoisotopic (exact) mass is 210 g/mol. The molecule has 0 spiro atoms. The Morgan fingerprint density at radius 3 is 2.60 bits per heavy atom. The standard InChI is InChI=1S/C10H8F2N2O/c1-14-5-4-10(13-14)15-7-2-3-8(11)9(12)6-7/h2-6H,1H3. The lowest BCUT2D eigenvalue weighted by Crippen LogP contribution is -1.91. The zero-order valence-corrected chi connectivity index (χ0v) is 7.95. The molecule has 0 aliphatic rings. The first kappa shape index (κ1) is 9.64. The highest BCUT2D eigenvalue weighted by atomic mass is 19.2. The molecule has 0 fully saturated rings. The minimum absolute atomic E-state index is 0.215. The van der Waals surface area contributed by atoms with Gasteiger partial charge in [-0.25, -0.2) is 8.78 Å². The molecule has 0 saturated heterocycles. The summed E-state index contributed by atoms with van der Waals surface area (Å²) in [7, 11) is 1.73. The fourth-order valence-corrected chi connectivity index (χ4v) is 1.11. The van der Waals surface area contributed by atoms with E-state index in [-0.39, 0.29) is 5.75 Å². The predicted octanol–water partition coefficient (Wildman–Crippen LogP) is 2.49. The molecule has 2 rings (SSSR count). The number of benzene rings is 1. The van der Waals surface area contributed by atoms with Gasteiger partial charge in [0.05, 0.1) is 0 Å². The van der Waals surface area contributed by atoms with Gasteiger partial charge in [0, 0.05) is 25.4 Å². The maximum absolute atomic E-state index is 12.8. The highest BCUT2D eigenvalue weighted by Crippen LogP contribution is 2.21. The van der Waals surface area contributed by atoms with E-state index in [2.05, 4.69) is 5.10 Å². The lowest BCUT2D eigenvalue weighted by atomic mass is 10.3. The molecule has 5 heteroatoms. The average Bonchev–Trinajstić information content (AvgIpc) is 2.58. The summed E-state index contributed by atoms with van der Waals surface area (Å²) in [4.78, 5) is 0. The van der Waals surface area contributed by atoms with Crippen LogP contribution in [-0.4, -0.2) is 9.78 Å². The van der Waals surface area contributed by atoms with Crippen molar-refractivity contribution < 1.29 is 13.5 Å². The third kappa shape index (κ3) is 2.12. The van der Waals surface area contributed by atoms with Gasteiger partial charge in [-0.3, -0.25) is 4.68 Å². The predicted molar refractivity (Wildman–Crippen MR) is 49.6 cm³/mol. The summed E-state index contributed by atoms with van der Waals surface area (Å²) in [5, 5.41) is 3.94. The number of aromatic nitrogens is 2. The number of rotatable bonds is 2. The molecule has 78 valence electrons. The van der Waals surface area contributed by atoms with E-state index in [0.29, 0.717) is 5.88 Å². The summed E-state index contributed by atoms with van der Waals surface area (Å²) in [6.45, 7) is 0.